The van der Waals surface area contributed by atoms with Gasteiger partial charge in [-0.25, -0.2) is 4.99 Å². The SMILES string of the molecule is CCNC(=NCC(=O)NC1CCCCC1)NC1CCN(Cc2ccccc2)CC1. The molecule has 0 aromatic heterocycles. The Hall–Kier alpha value is -2.08. The molecule has 0 atom stereocenters. The lowest BCUT2D eigenvalue weighted by molar-refractivity contribution is -0.120. The number of nitrogens with one attached hydrogen (secondary N) is 3. The zero-order valence-corrected chi connectivity index (χ0v) is 17.8. The van der Waals surface area contributed by atoms with E-state index in [4.69, 9.17) is 0 Å². The van der Waals surface area contributed by atoms with Crippen LogP contribution in [0, 0.1) is 0 Å². The number of carbonyl (C=O) groups is 1. The molecule has 1 saturated carbocycles. The molecule has 6 nitrogen and oxygen atoms in total. The normalized spacial score (nSPS) is 19.7. The topological polar surface area (TPSA) is 68.8 Å². The summed E-state index contributed by atoms with van der Waals surface area (Å²) in [5.74, 6) is 0.791. The fourth-order valence-electron chi connectivity index (χ4n) is 4.26. The Morgan fingerprint density at radius 3 is 2.38 bits per heavy atom. The fourth-order valence-corrected chi connectivity index (χ4v) is 4.26. The molecule has 0 spiro atoms. The molecule has 6 heteroatoms. The molecule has 1 heterocycles. The van der Waals surface area contributed by atoms with Crippen molar-refractivity contribution < 1.29 is 4.79 Å². The first-order valence-electron chi connectivity index (χ1n) is 11.3. The highest BCUT2D eigenvalue weighted by Crippen LogP contribution is 2.17. The van der Waals surface area contributed by atoms with Crippen LogP contribution in [0.15, 0.2) is 35.3 Å². The maximum Gasteiger partial charge on any atom is 0.242 e. The number of aliphatic imine (C=N–C) groups is 1. The van der Waals surface area contributed by atoms with E-state index in [0.717, 1.165) is 57.8 Å². The van der Waals surface area contributed by atoms with Crippen molar-refractivity contribution in [3.8, 4) is 0 Å². The van der Waals surface area contributed by atoms with E-state index in [-0.39, 0.29) is 12.5 Å². The van der Waals surface area contributed by atoms with Gasteiger partial charge in [0, 0.05) is 38.3 Å². The summed E-state index contributed by atoms with van der Waals surface area (Å²) in [7, 11) is 0. The van der Waals surface area contributed by atoms with E-state index in [1.54, 1.807) is 0 Å². The van der Waals surface area contributed by atoms with Gasteiger partial charge in [0.25, 0.3) is 0 Å². The quantitative estimate of drug-likeness (QED) is 0.487. The van der Waals surface area contributed by atoms with Crippen molar-refractivity contribution in [2.24, 2.45) is 4.99 Å². The van der Waals surface area contributed by atoms with Crippen molar-refractivity contribution >= 4 is 11.9 Å². The van der Waals surface area contributed by atoms with Gasteiger partial charge in [-0.1, -0.05) is 49.6 Å². The van der Waals surface area contributed by atoms with Crippen molar-refractivity contribution in [1.82, 2.24) is 20.9 Å². The average molecular weight is 400 g/mol. The molecule has 3 N–H and O–H groups in total. The first-order valence-corrected chi connectivity index (χ1v) is 11.3. The minimum atomic E-state index is 0.0341. The zero-order valence-electron chi connectivity index (χ0n) is 17.8. The van der Waals surface area contributed by atoms with Crippen LogP contribution in [0.25, 0.3) is 0 Å². The highest BCUT2D eigenvalue weighted by molar-refractivity contribution is 5.85. The maximum absolute atomic E-state index is 12.2. The molecule has 1 aromatic carbocycles. The van der Waals surface area contributed by atoms with Crippen molar-refractivity contribution in [1.29, 1.82) is 0 Å². The molecular weight excluding hydrogens is 362 g/mol. The molecule has 1 aliphatic carbocycles. The van der Waals surface area contributed by atoms with Gasteiger partial charge < -0.3 is 16.0 Å². The van der Waals surface area contributed by atoms with Crippen LogP contribution in [0.2, 0.25) is 0 Å². The second-order valence-corrected chi connectivity index (χ2v) is 8.28. The van der Waals surface area contributed by atoms with Gasteiger partial charge in [0.05, 0.1) is 0 Å². The lowest BCUT2D eigenvalue weighted by Crippen LogP contribution is -2.49. The van der Waals surface area contributed by atoms with Gasteiger partial charge in [-0.2, -0.15) is 0 Å². The number of nitrogens with zero attached hydrogens (tertiary/aromatic N) is 2. The Bertz CT molecular complexity index is 634. The van der Waals surface area contributed by atoms with Gasteiger partial charge >= 0.3 is 0 Å². The standard InChI is InChI=1S/C23H37N5O/c1-2-24-23(25-17-22(29)26-20-11-7-4-8-12-20)27-21-13-15-28(16-14-21)18-19-9-5-3-6-10-19/h3,5-6,9-10,20-21H,2,4,7-8,11-18H2,1H3,(H,26,29)(H2,24,25,27). The highest BCUT2D eigenvalue weighted by Gasteiger charge is 2.20. The number of carbonyl (C=O) groups excluding carboxylic acids is 1. The van der Waals surface area contributed by atoms with Gasteiger partial charge in [0.15, 0.2) is 5.96 Å². The van der Waals surface area contributed by atoms with Crippen LogP contribution in [-0.2, 0) is 11.3 Å². The third-order valence-electron chi connectivity index (χ3n) is 5.87. The molecule has 0 bridgehead atoms. The van der Waals surface area contributed by atoms with Crippen LogP contribution >= 0.6 is 0 Å². The minimum Gasteiger partial charge on any atom is -0.357 e. The molecule has 3 rings (SSSR count). The fraction of sp³-hybridized carbons (Fsp3) is 0.652. The summed E-state index contributed by atoms with van der Waals surface area (Å²) in [6, 6.07) is 11.4. The first-order chi connectivity index (χ1) is 14.2. The van der Waals surface area contributed by atoms with Crippen LogP contribution in [-0.4, -0.2) is 55.0 Å². The Labute approximate surface area is 175 Å². The summed E-state index contributed by atoms with van der Waals surface area (Å²) in [5.41, 5.74) is 1.37. The Kier molecular flexibility index (Phi) is 8.81. The Morgan fingerprint density at radius 1 is 1.00 bits per heavy atom. The van der Waals surface area contributed by atoms with Gasteiger partial charge in [-0.3, -0.25) is 9.69 Å². The monoisotopic (exact) mass is 399 g/mol. The number of piperidine rings is 1. The van der Waals surface area contributed by atoms with E-state index in [1.165, 1.54) is 24.8 Å². The van der Waals surface area contributed by atoms with Crippen molar-refractivity contribution in [2.45, 2.75) is 70.5 Å². The predicted octanol–water partition coefficient (Wildman–Crippen LogP) is 2.66. The number of rotatable bonds is 7. The van der Waals surface area contributed by atoms with Gasteiger partial charge in [0.2, 0.25) is 5.91 Å². The largest absolute Gasteiger partial charge is 0.357 e. The van der Waals surface area contributed by atoms with Crippen LogP contribution in [0.4, 0.5) is 0 Å². The molecule has 0 radical (unpaired) electrons. The lowest BCUT2D eigenvalue weighted by atomic mass is 9.95. The Morgan fingerprint density at radius 2 is 1.69 bits per heavy atom. The third kappa shape index (κ3) is 7.69. The summed E-state index contributed by atoms with van der Waals surface area (Å²) < 4.78 is 0. The summed E-state index contributed by atoms with van der Waals surface area (Å²) in [6.45, 7) is 6.22. The van der Waals surface area contributed by atoms with Crippen LogP contribution < -0.4 is 16.0 Å². The molecule has 160 valence electrons. The smallest absolute Gasteiger partial charge is 0.242 e. The second-order valence-electron chi connectivity index (χ2n) is 8.28. The molecule has 1 aromatic rings. The minimum absolute atomic E-state index is 0.0341. The van der Waals surface area contributed by atoms with E-state index >= 15 is 0 Å². The van der Waals surface area contributed by atoms with Gasteiger partial charge in [-0.05, 0) is 38.2 Å². The summed E-state index contributed by atoms with van der Waals surface area (Å²) in [5, 5.41) is 9.96. The number of likely N-dealkylation sites (tertiary alicyclic amines) is 1. The number of benzene rings is 1. The van der Waals surface area contributed by atoms with Crippen LogP contribution in [0.1, 0.15) is 57.4 Å². The first kappa shape index (κ1) is 21.6. The average Bonchev–Trinajstić information content (AvgIpc) is 2.75. The van der Waals surface area contributed by atoms with Crippen molar-refractivity contribution in [2.75, 3.05) is 26.2 Å². The number of hydrogen-bond acceptors (Lipinski definition) is 3. The van der Waals surface area contributed by atoms with E-state index in [1.807, 2.05) is 0 Å². The Balaban J connectivity index is 1.41. The molecule has 2 aliphatic rings. The summed E-state index contributed by atoms with van der Waals surface area (Å²) in [6.07, 6.45) is 8.13. The molecule has 1 saturated heterocycles. The van der Waals surface area contributed by atoms with Gasteiger partial charge in [0.1, 0.15) is 6.54 Å². The predicted molar refractivity (Wildman–Crippen MR) is 119 cm³/mol. The molecule has 1 amide bonds. The number of amides is 1. The molecule has 0 unspecified atom stereocenters. The van der Waals surface area contributed by atoms with Crippen LogP contribution in [0.5, 0.6) is 0 Å². The highest BCUT2D eigenvalue weighted by atomic mass is 16.1. The molecular formula is C23H37N5O. The summed E-state index contributed by atoms with van der Waals surface area (Å²) in [4.78, 5) is 19.3. The van der Waals surface area contributed by atoms with Crippen molar-refractivity contribution in [3.63, 3.8) is 0 Å². The molecule has 29 heavy (non-hydrogen) atoms. The zero-order chi connectivity index (χ0) is 20.3. The third-order valence-corrected chi connectivity index (χ3v) is 5.87. The van der Waals surface area contributed by atoms with E-state index in [9.17, 15) is 4.79 Å². The lowest BCUT2D eigenvalue weighted by Gasteiger charge is -2.33. The summed E-state index contributed by atoms with van der Waals surface area (Å²) >= 11 is 0. The van der Waals surface area contributed by atoms with Crippen LogP contribution in [0.3, 0.4) is 0 Å². The maximum atomic E-state index is 12.2. The number of guanidine groups is 1. The second kappa shape index (κ2) is 11.8. The van der Waals surface area contributed by atoms with Crippen molar-refractivity contribution in [3.05, 3.63) is 35.9 Å². The molecule has 1 aliphatic heterocycles. The molecule has 2 fully saturated rings. The van der Waals surface area contributed by atoms with E-state index in [0.29, 0.717) is 12.1 Å². The van der Waals surface area contributed by atoms with Gasteiger partial charge in [-0.15, -0.1) is 0 Å². The van der Waals surface area contributed by atoms with E-state index in [2.05, 4.69) is 63.1 Å². The van der Waals surface area contributed by atoms with E-state index < -0.39 is 0 Å². The number of hydrogen-bond donors (Lipinski definition) is 3.